The molecular weight excluding hydrogens is 404 g/mol. The lowest BCUT2D eigenvalue weighted by Gasteiger charge is -2.28. The van der Waals surface area contributed by atoms with Crippen LogP contribution in [0.5, 0.6) is 0 Å². The lowest BCUT2D eigenvalue weighted by molar-refractivity contribution is 0.0689. The van der Waals surface area contributed by atoms with Crippen LogP contribution in [0, 0.1) is 0 Å². The minimum absolute atomic E-state index is 0.0134. The van der Waals surface area contributed by atoms with Crippen molar-refractivity contribution in [1.29, 1.82) is 0 Å². The molecule has 0 amide bonds. The van der Waals surface area contributed by atoms with E-state index in [1.165, 1.54) is 36.4 Å². The van der Waals surface area contributed by atoms with Crippen molar-refractivity contribution in [1.82, 2.24) is 3.97 Å². The van der Waals surface area contributed by atoms with Gasteiger partial charge in [0.1, 0.15) is 5.69 Å². The summed E-state index contributed by atoms with van der Waals surface area (Å²) in [6, 6.07) is 12.3. The second kappa shape index (κ2) is 7.12. The number of carboxylic acid groups (broad SMARTS) is 1. The molecule has 0 saturated carbocycles. The fourth-order valence-corrected chi connectivity index (χ4v) is 5.01. The fourth-order valence-electron chi connectivity index (χ4n) is 3.33. The molecule has 2 aromatic carbocycles. The molecule has 0 aliphatic carbocycles. The van der Waals surface area contributed by atoms with E-state index in [1.54, 1.807) is 12.1 Å². The first-order valence-corrected chi connectivity index (χ1v) is 10.4. The molecule has 0 atom stereocenters. The Bertz CT molecular complexity index is 1150. The van der Waals surface area contributed by atoms with Crippen molar-refractivity contribution < 1.29 is 23.1 Å². The van der Waals surface area contributed by atoms with E-state index < -0.39 is 16.0 Å². The number of rotatable bonds is 4. The van der Waals surface area contributed by atoms with Crippen molar-refractivity contribution >= 4 is 44.2 Å². The lowest BCUT2D eigenvalue weighted by Crippen LogP contribution is -2.36. The minimum Gasteiger partial charge on any atom is -0.477 e. The summed E-state index contributed by atoms with van der Waals surface area (Å²) in [6.45, 7) is 2.72. The maximum atomic E-state index is 13.2. The van der Waals surface area contributed by atoms with Crippen molar-refractivity contribution in [2.24, 2.45) is 0 Å². The summed E-state index contributed by atoms with van der Waals surface area (Å²) in [4.78, 5) is 13.8. The quantitative estimate of drug-likeness (QED) is 0.697. The fraction of sp³-hybridized carbons (Fsp3) is 0.211. The van der Waals surface area contributed by atoms with E-state index in [-0.39, 0.29) is 16.1 Å². The molecular formula is C19H17ClN2O5S. The summed E-state index contributed by atoms with van der Waals surface area (Å²) in [5.41, 5.74) is 0.818. The normalized spacial score (nSPS) is 15.1. The van der Waals surface area contributed by atoms with Crippen LogP contribution in [0.15, 0.2) is 53.4 Å². The Morgan fingerprint density at radius 1 is 1.04 bits per heavy atom. The Morgan fingerprint density at radius 3 is 2.36 bits per heavy atom. The van der Waals surface area contributed by atoms with Crippen LogP contribution < -0.4 is 4.90 Å². The molecule has 4 rings (SSSR count). The number of halogens is 1. The zero-order valence-electron chi connectivity index (χ0n) is 14.7. The zero-order chi connectivity index (χ0) is 19.9. The number of carbonyl (C=O) groups is 1. The molecule has 0 bridgehead atoms. The molecule has 7 nitrogen and oxygen atoms in total. The average Bonchev–Trinajstić information content (AvgIpc) is 3.08. The Kier molecular flexibility index (Phi) is 4.78. The standard InChI is InChI=1S/C19H17ClN2O5S/c20-14-1-6-17-13(11-14)12-18(19(23)24)22(17)28(25,26)16-4-2-15(3-5-16)21-7-9-27-10-8-21/h1-6,11-12H,7-10H2,(H,23,24). The summed E-state index contributed by atoms with van der Waals surface area (Å²) >= 11 is 5.96. The molecule has 0 spiro atoms. The van der Waals surface area contributed by atoms with Gasteiger partial charge in [0, 0.05) is 29.2 Å². The van der Waals surface area contributed by atoms with Gasteiger partial charge in [0.25, 0.3) is 10.0 Å². The highest BCUT2D eigenvalue weighted by Gasteiger charge is 2.26. The lowest BCUT2D eigenvalue weighted by atomic mass is 10.2. The van der Waals surface area contributed by atoms with Crippen LogP contribution in [-0.2, 0) is 14.8 Å². The SMILES string of the molecule is O=C(O)c1cc2cc(Cl)ccc2n1S(=O)(=O)c1ccc(N2CCOCC2)cc1. The smallest absolute Gasteiger partial charge is 0.353 e. The molecule has 1 fully saturated rings. The van der Waals surface area contributed by atoms with E-state index >= 15 is 0 Å². The summed E-state index contributed by atoms with van der Waals surface area (Å²) in [6.07, 6.45) is 0. The number of aromatic carboxylic acids is 1. The third-order valence-electron chi connectivity index (χ3n) is 4.69. The molecule has 146 valence electrons. The first-order chi connectivity index (χ1) is 13.4. The largest absolute Gasteiger partial charge is 0.477 e. The van der Waals surface area contributed by atoms with Gasteiger partial charge in [-0.25, -0.2) is 17.2 Å². The summed E-state index contributed by atoms with van der Waals surface area (Å²) < 4.78 is 32.7. The Balaban J connectivity index is 1.80. The predicted molar refractivity (Wildman–Crippen MR) is 106 cm³/mol. The second-order valence-electron chi connectivity index (χ2n) is 6.40. The van der Waals surface area contributed by atoms with Crippen LogP contribution in [0.4, 0.5) is 5.69 Å². The van der Waals surface area contributed by atoms with E-state index in [0.29, 0.717) is 23.6 Å². The van der Waals surface area contributed by atoms with Crippen molar-refractivity contribution in [2.45, 2.75) is 4.90 Å². The number of anilines is 1. The van der Waals surface area contributed by atoms with E-state index in [2.05, 4.69) is 4.90 Å². The van der Waals surface area contributed by atoms with Gasteiger partial charge < -0.3 is 14.7 Å². The molecule has 1 N–H and O–H groups in total. The number of hydrogen-bond donors (Lipinski definition) is 1. The van der Waals surface area contributed by atoms with Gasteiger partial charge in [-0.2, -0.15) is 0 Å². The Morgan fingerprint density at radius 2 is 1.71 bits per heavy atom. The monoisotopic (exact) mass is 420 g/mol. The summed E-state index contributed by atoms with van der Waals surface area (Å²) in [7, 11) is -4.11. The Labute approximate surface area is 166 Å². The zero-order valence-corrected chi connectivity index (χ0v) is 16.3. The second-order valence-corrected chi connectivity index (χ2v) is 8.62. The molecule has 3 aromatic rings. The van der Waals surface area contributed by atoms with Gasteiger partial charge in [0.05, 0.1) is 23.6 Å². The molecule has 9 heteroatoms. The molecule has 1 aromatic heterocycles. The summed E-state index contributed by atoms with van der Waals surface area (Å²) in [5, 5.41) is 10.4. The van der Waals surface area contributed by atoms with E-state index in [9.17, 15) is 18.3 Å². The van der Waals surface area contributed by atoms with Crippen LogP contribution in [-0.4, -0.2) is 49.8 Å². The first kappa shape index (κ1) is 18.8. The molecule has 1 aliphatic rings. The molecule has 1 aliphatic heterocycles. The van der Waals surface area contributed by atoms with Crippen LogP contribution >= 0.6 is 11.6 Å². The van der Waals surface area contributed by atoms with Gasteiger partial charge >= 0.3 is 5.97 Å². The Hall–Kier alpha value is -2.55. The van der Waals surface area contributed by atoms with Crippen LogP contribution in [0.25, 0.3) is 10.9 Å². The predicted octanol–water partition coefficient (Wildman–Crippen LogP) is 3.07. The van der Waals surface area contributed by atoms with Gasteiger partial charge in [0.15, 0.2) is 0 Å². The third kappa shape index (κ3) is 3.23. The molecule has 2 heterocycles. The third-order valence-corrected chi connectivity index (χ3v) is 6.67. The van der Waals surface area contributed by atoms with Gasteiger partial charge in [0.2, 0.25) is 0 Å². The average molecular weight is 421 g/mol. The van der Waals surface area contributed by atoms with E-state index in [1.807, 2.05) is 0 Å². The first-order valence-electron chi connectivity index (χ1n) is 8.60. The highest BCUT2D eigenvalue weighted by Crippen LogP contribution is 2.29. The van der Waals surface area contributed by atoms with Gasteiger partial charge in [-0.05, 0) is 48.5 Å². The molecule has 1 saturated heterocycles. The number of carboxylic acids is 1. The topological polar surface area (TPSA) is 88.8 Å². The number of fused-ring (bicyclic) bond motifs is 1. The maximum Gasteiger partial charge on any atom is 0.353 e. The van der Waals surface area contributed by atoms with Crippen molar-refractivity contribution in [3.05, 3.63) is 59.2 Å². The van der Waals surface area contributed by atoms with Gasteiger partial charge in [-0.1, -0.05) is 11.6 Å². The van der Waals surface area contributed by atoms with Crippen molar-refractivity contribution in [3.8, 4) is 0 Å². The van der Waals surface area contributed by atoms with E-state index in [4.69, 9.17) is 16.3 Å². The van der Waals surface area contributed by atoms with Crippen LogP contribution in [0.1, 0.15) is 10.5 Å². The van der Waals surface area contributed by atoms with E-state index in [0.717, 1.165) is 22.7 Å². The van der Waals surface area contributed by atoms with Crippen LogP contribution in [0.3, 0.4) is 0 Å². The van der Waals surface area contributed by atoms with Crippen molar-refractivity contribution in [2.75, 3.05) is 31.2 Å². The highest BCUT2D eigenvalue weighted by atomic mass is 35.5. The molecule has 0 unspecified atom stereocenters. The number of hydrogen-bond acceptors (Lipinski definition) is 5. The van der Waals surface area contributed by atoms with Gasteiger partial charge in [-0.15, -0.1) is 0 Å². The summed E-state index contributed by atoms with van der Waals surface area (Å²) in [5.74, 6) is -1.33. The number of morpholine rings is 1. The number of ether oxygens (including phenoxy) is 1. The molecule has 0 radical (unpaired) electrons. The van der Waals surface area contributed by atoms with Crippen LogP contribution in [0.2, 0.25) is 5.02 Å². The maximum absolute atomic E-state index is 13.2. The van der Waals surface area contributed by atoms with Crippen molar-refractivity contribution in [3.63, 3.8) is 0 Å². The van der Waals surface area contributed by atoms with Gasteiger partial charge in [-0.3, -0.25) is 0 Å². The number of aromatic nitrogens is 1. The minimum atomic E-state index is -4.11. The number of benzene rings is 2. The molecule has 28 heavy (non-hydrogen) atoms. The highest BCUT2D eigenvalue weighted by molar-refractivity contribution is 7.90. The number of nitrogens with zero attached hydrogens (tertiary/aromatic N) is 2.